The van der Waals surface area contributed by atoms with Crippen LogP contribution in [0.1, 0.15) is 33.3 Å². The summed E-state index contributed by atoms with van der Waals surface area (Å²) in [5.74, 6) is 7.19. The molecular weight excluding hydrogens is 488 g/mol. The van der Waals surface area contributed by atoms with Crippen molar-refractivity contribution >= 4 is 12.7 Å². The lowest BCUT2D eigenvalue weighted by atomic mass is 10.2. The average molecular weight is 539 g/mol. The van der Waals surface area contributed by atoms with Crippen LogP contribution in [0.3, 0.4) is 0 Å². The Labute approximate surface area is 229 Å². The quantitative estimate of drug-likeness (QED) is 0.0950. The second-order valence-corrected chi connectivity index (χ2v) is 8.59. The van der Waals surface area contributed by atoms with E-state index >= 15 is 0 Å². The third-order valence-electron chi connectivity index (χ3n) is 4.12. The molecule has 0 saturated carbocycles. The first-order valence-electron chi connectivity index (χ1n) is 13.0. The molecule has 0 heterocycles. The third kappa shape index (κ3) is 31.5. The molecule has 218 valence electrons. The van der Waals surface area contributed by atoms with Gasteiger partial charge in [0.1, 0.15) is 38.1 Å². The average Bonchev–Trinajstić information content (AvgIpc) is 2.88. The number of nitrogens with one attached hydrogen (secondary N) is 3. The van der Waals surface area contributed by atoms with Crippen LogP contribution >= 0.6 is 0 Å². The van der Waals surface area contributed by atoms with Gasteiger partial charge in [0.25, 0.3) is 0 Å². The monoisotopic (exact) mass is 538 g/mol. The number of aryl methyl sites for hydroxylation is 1. The molecule has 1 amide bonds. The highest BCUT2D eigenvalue weighted by Crippen LogP contribution is 2.12. The number of benzene rings is 1. The summed E-state index contributed by atoms with van der Waals surface area (Å²) < 4.78 is 20.8. The van der Waals surface area contributed by atoms with E-state index in [9.17, 15) is 9.59 Å². The van der Waals surface area contributed by atoms with Crippen LogP contribution in [0.25, 0.3) is 0 Å². The SMILES string of the molecule is CC(C)NCCNC=O.CNCCOCC#CC(C)C.Cc1cccc(OCC(N)OCCOCC=O)c1. The van der Waals surface area contributed by atoms with Crippen molar-refractivity contribution in [3.63, 3.8) is 0 Å². The zero-order valence-electron chi connectivity index (χ0n) is 24.1. The van der Waals surface area contributed by atoms with Crippen LogP contribution in [-0.2, 0) is 23.8 Å². The first kappa shape index (κ1) is 37.6. The van der Waals surface area contributed by atoms with Gasteiger partial charge in [-0.1, -0.05) is 51.7 Å². The summed E-state index contributed by atoms with van der Waals surface area (Å²) in [7, 11) is 1.91. The van der Waals surface area contributed by atoms with Crippen molar-refractivity contribution in [3.05, 3.63) is 29.8 Å². The maximum atomic E-state index is 9.98. The number of rotatable bonds is 18. The number of amides is 1. The Kier molecular flexibility index (Phi) is 28.8. The van der Waals surface area contributed by atoms with Gasteiger partial charge in [-0.15, -0.1) is 0 Å². The van der Waals surface area contributed by atoms with Gasteiger partial charge in [0.2, 0.25) is 6.41 Å². The molecule has 0 aliphatic rings. The third-order valence-corrected chi connectivity index (χ3v) is 4.12. The zero-order valence-corrected chi connectivity index (χ0v) is 24.1. The van der Waals surface area contributed by atoms with Crippen molar-refractivity contribution < 1.29 is 28.5 Å². The second kappa shape index (κ2) is 29.0. The van der Waals surface area contributed by atoms with Gasteiger partial charge in [-0.2, -0.15) is 0 Å². The highest BCUT2D eigenvalue weighted by atomic mass is 16.6. The Hall–Kier alpha value is -2.52. The second-order valence-electron chi connectivity index (χ2n) is 8.59. The van der Waals surface area contributed by atoms with Crippen molar-refractivity contribution in [1.29, 1.82) is 0 Å². The van der Waals surface area contributed by atoms with Crippen LogP contribution in [0.2, 0.25) is 0 Å². The molecule has 38 heavy (non-hydrogen) atoms. The summed E-state index contributed by atoms with van der Waals surface area (Å²) in [5.41, 5.74) is 6.83. The first-order chi connectivity index (χ1) is 18.3. The van der Waals surface area contributed by atoms with Crippen LogP contribution in [0, 0.1) is 24.7 Å². The summed E-state index contributed by atoms with van der Waals surface area (Å²) in [5, 5.41) is 8.71. The summed E-state index contributed by atoms with van der Waals surface area (Å²) in [4.78, 5) is 19.7. The molecule has 0 radical (unpaired) electrons. The van der Waals surface area contributed by atoms with Crippen molar-refractivity contribution in [2.45, 2.75) is 46.9 Å². The number of likely N-dealkylation sites (N-methyl/N-ethyl adjacent to an activating group) is 1. The molecule has 1 aromatic carbocycles. The minimum absolute atomic E-state index is 0.0817. The Bertz CT molecular complexity index is 738. The van der Waals surface area contributed by atoms with E-state index in [-0.39, 0.29) is 13.2 Å². The number of aldehydes is 1. The maximum absolute atomic E-state index is 9.98. The van der Waals surface area contributed by atoms with E-state index < -0.39 is 6.23 Å². The molecule has 0 saturated heterocycles. The van der Waals surface area contributed by atoms with E-state index in [1.807, 2.05) is 38.2 Å². The number of hydrogen-bond donors (Lipinski definition) is 4. The summed E-state index contributed by atoms with van der Waals surface area (Å²) in [6.07, 6.45) is 0.897. The first-order valence-corrected chi connectivity index (χ1v) is 13.0. The van der Waals surface area contributed by atoms with E-state index in [1.165, 1.54) is 0 Å². The van der Waals surface area contributed by atoms with Crippen molar-refractivity contribution in [2.24, 2.45) is 11.7 Å². The Morgan fingerprint density at radius 3 is 2.39 bits per heavy atom. The van der Waals surface area contributed by atoms with Crippen molar-refractivity contribution in [2.75, 3.05) is 66.3 Å². The maximum Gasteiger partial charge on any atom is 0.207 e. The number of hydrogen-bond acceptors (Lipinski definition) is 9. The fourth-order valence-corrected chi connectivity index (χ4v) is 2.36. The standard InChI is InChI=1S/C13H19NO4.C9H17NO.C6H14N2O/c1-11-3-2-4-12(9-11)18-10-13(14)17-8-7-16-6-5-15;1-9(2)5-4-7-11-8-6-10-3;1-6(2)8-4-3-7-5-9/h2-5,9,13H,6-8,10,14H2,1H3;9-10H,6-8H2,1-3H3;5-6,8H,3-4H2,1-2H3,(H,7,9). The van der Waals surface area contributed by atoms with Crippen LogP contribution in [-0.4, -0.2) is 91.3 Å². The molecule has 0 aliphatic heterocycles. The van der Waals surface area contributed by atoms with Crippen molar-refractivity contribution in [1.82, 2.24) is 16.0 Å². The van der Waals surface area contributed by atoms with Crippen molar-refractivity contribution in [3.8, 4) is 17.6 Å². The van der Waals surface area contributed by atoms with Gasteiger partial charge in [0.05, 0.1) is 19.8 Å². The van der Waals surface area contributed by atoms with Gasteiger partial charge in [-0.05, 0) is 31.7 Å². The van der Waals surface area contributed by atoms with Crippen LogP contribution < -0.4 is 26.4 Å². The fraction of sp³-hybridized carbons (Fsp3) is 0.643. The predicted octanol–water partition coefficient (Wildman–Crippen LogP) is 1.50. The van der Waals surface area contributed by atoms with E-state index in [2.05, 4.69) is 55.5 Å². The topological polar surface area (TPSA) is 133 Å². The Morgan fingerprint density at radius 2 is 1.79 bits per heavy atom. The van der Waals surface area contributed by atoms with Gasteiger partial charge in [0, 0.05) is 31.6 Å². The molecule has 1 unspecified atom stereocenters. The summed E-state index contributed by atoms with van der Waals surface area (Å²) >= 11 is 0. The lowest BCUT2D eigenvalue weighted by Crippen LogP contribution is -2.32. The molecule has 1 atom stereocenters. The highest BCUT2D eigenvalue weighted by Gasteiger charge is 2.03. The highest BCUT2D eigenvalue weighted by molar-refractivity contribution is 5.50. The smallest absolute Gasteiger partial charge is 0.207 e. The van der Waals surface area contributed by atoms with Crippen LogP contribution in [0.5, 0.6) is 5.75 Å². The molecule has 1 rings (SSSR count). The number of nitrogens with two attached hydrogens (primary N) is 1. The van der Waals surface area contributed by atoms with E-state index in [0.29, 0.717) is 51.0 Å². The molecule has 0 aliphatic carbocycles. The zero-order chi connectivity index (χ0) is 28.9. The lowest BCUT2D eigenvalue weighted by Gasteiger charge is -2.14. The fourth-order valence-electron chi connectivity index (χ4n) is 2.36. The number of carbonyl (C=O) groups excluding carboxylic acids is 2. The molecular formula is C28H50N4O6. The van der Waals surface area contributed by atoms with E-state index in [0.717, 1.165) is 31.0 Å². The van der Waals surface area contributed by atoms with E-state index in [4.69, 9.17) is 24.7 Å². The minimum Gasteiger partial charge on any atom is -0.489 e. The van der Waals surface area contributed by atoms with E-state index in [1.54, 1.807) is 0 Å². The Morgan fingerprint density at radius 1 is 1.03 bits per heavy atom. The molecule has 0 spiro atoms. The minimum atomic E-state index is -0.509. The van der Waals surface area contributed by atoms with Crippen LogP contribution in [0.15, 0.2) is 24.3 Å². The van der Waals surface area contributed by atoms with Gasteiger partial charge in [-0.3, -0.25) is 4.79 Å². The molecule has 10 nitrogen and oxygen atoms in total. The molecule has 5 N–H and O–H groups in total. The lowest BCUT2D eigenvalue weighted by molar-refractivity contribution is -0.112. The summed E-state index contributed by atoms with van der Waals surface area (Å²) in [6.45, 7) is 15.1. The normalized spacial score (nSPS) is 10.8. The molecule has 0 fully saturated rings. The largest absolute Gasteiger partial charge is 0.489 e. The number of ether oxygens (including phenoxy) is 4. The molecule has 0 aromatic heterocycles. The van der Waals surface area contributed by atoms with Gasteiger partial charge in [0.15, 0.2) is 0 Å². The molecule has 10 heteroatoms. The van der Waals surface area contributed by atoms with Gasteiger partial charge < -0.3 is 45.4 Å². The molecule has 0 bridgehead atoms. The van der Waals surface area contributed by atoms with Gasteiger partial charge >= 0.3 is 0 Å². The van der Waals surface area contributed by atoms with Crippen LogP contribution in [0.4, 0.5) is 0 Å². The summed E-state index contributed by atoms with van der Waals surface area (Å²) in [6, 6.07) is 8.21. The van der Waals surface area contributed by atoms with Gasteiger partial charge in [-0.25, -0.2) is 0 Å². The Balaban J connectivity index is 0. The number of carbonyl (C=O) groups is 2. The predicted molar refractivity (Wildman–Crippen MR) is 152 cm³/mol. The molecule has 1 aromatic rings.